The minimum atomic E-state index is 0. The first-order valence-electron chi connectivity index (χ1n) is 1.48. The summed E-state index contributed by atoms with van der Waals surface area (Å²) in [5, 5.41) is 0. The molecule has 0 saturated heterocycles. The maximum Gasteiger partial charge on any atom is 0.200 e. The molecule has 1 rings (SSSR count). The first-order valence-corrected chi connectivity index (χ1v) is 1.48. The molecular formula is C3H3N3Na. The van der Waals surface area contributed by atoms with Crippen molar-refractivity contribution in [2.45, 2.75) is 0 Å². The second kappa shape index (κ2) is 4.18. The van der Waals surface area contributed by atoms with Gasteiger partial charge in [0.15, 0.2) is 0 Å². The Kier molecular flexibility index (Phi) is 4.18. The van der Waals surface area contributed by atoms with Crippen molar-refractivity contribution in [3.8, 4) is 0 Å². The molecule has 0 aliphatic heterocycles. The van der Waals surface area contributed by atoms with E-state index in [2.05, 4.69) is 21.3 Å². The van der Waals surface area contributed by atoms with Crippen LogP contribution in [0.1, 0.15) is 0 Å². The molecule has 1 aromatic heterocycles. The van der Waals surface area contributed by atoms with E-state index in [0.29, 0.717) is 0 Å². The predicted molar refractivity (Wildman–Crippen MR) is 25.8 cm³/mol. The smallest absolute Gasteiger partial charge is 0.200 e. The molecule has 7 heavy (non-hydrogen) atoms. The first kappa shape index (κ1) is 7.01. The predicted octanol–water partition coefficient (Wildman–Crippen LogP) is -0.977. The van der Waals surface area contributed by atoms with Crippen molar-refractivity contribution in [1.82, 2.24) is 15.0 Å². The Morgan fingerprint density at radius 1 is 1.14 bits per heavy atom. The van der Waals surface area contributed by atoms with Gasteiger partial charge in [0.2, 0.25) is 6.33 Å². The van der Waals surface area contributed by atoms with Crippen LogP contribution in [-0.4, -0.2) is 44.5 Å². The van der Waals surface area contributed by atoms with E-state index < -0.39 is 0 Å². The molecule has 0 aromatic carbocycles. The quantitative estimate of drug-likeness (QED) is 0.397. The van der Waals surface area contributed by atoms with Crippen molar-refractivity contribution < 1.29 is 0 Å². The van der Waals surface area contributed by atoms with Crippen LogP contribution in [0.4, 0.5) is 0 Å². The fraction of sp³-hybridized carbons (Fsp3) is 0. The average Bonchev–Trinajstić information content (AvgIpc) is 1.72. The summed E-state index contributed by atoms with van der Waals surface area (Å²) >= 11 is 0. The largest absolute Gasteiger partial charge is 0.225 e. The van der Waals surface area contributed by atoms with Gasteiger partial charge in [-0.15, -0.1) is 0 Å². The number of aromatic nitrogens is 3. The van der Waals surface area contributed by atoms with E-state index in [9.17, 15) is 0 Å². The van der Waals surface area contributed by atoms with Crippen LogP contribution in [0.15, 0.2) is 12.7 Å². The van der Waals surface area contributed by atoms with Gasteiger partial charge in [-0.1, -0.05) is 0 Å². The second-order valence-corrected chi connectivity index (χ2v) is 0.738. The van der Waals surface area contributed by atoms with Crippen LogP contribution < -0.4 is 0 Å². The number of nitrogens with zero attached hydrogens (tertiary/aromatic N) is 3. The Morgan fingerprint density at radius 3 is 1.86 bits per heavy atom. The van der Waals surface area contributed by atoms with Gasteiger partial charge in [0.1, 0.15) is 12.7 Å². The Hall–Kier alpha value is 0.01000. The van der Waals surface area contributed by atoms with Crippen molar-refractivity contribution in [2.75, 3.05) is 0 Å². The molecule has 0 spiro atoms. The van der Waals surface area contributed by atoms with Gasteiger partial charge < -0.3 is 0 Å². The molecule has 0 aliphatic rings. The van der Waals surface area contributed by atoms with Gasteiger partial charge in [0.25, 0.3) is 0 Å². The molecule has 0 fully saturated rings. The van der Waals surface area contributed by atoms with Crippen molar-refractivity contribution in [3.05, 3.63) is 19.0 Å². The Bertz CT molecular complexity index is 82.1. The third-order valence-corrected chi connectivity index (χ3v) is 0.364. The fourth-order valence-electron chi connectivity index (χ4n) is 0.181. The van der Waals surface area contributed by atoms with Crippen molar-refractivity contribution >= 4 is 29.6 Å². The van der Waals surface area contributed by atoms with Gasteiger partial charge >= 0.3 is 29.6 Å². The van der Waals surface area contributed by atoms with E-state index in [1.807, 2.05) is 0 Å². The summed E-state index contributed by atoms with van der Waals surface area (Å²) in [7, 11) is 0. The summed E-state index contributed by atoms with van der Waals surface area (Å²) < 4.78 is 0. The molecular weight excluding hydrogens is 101 g/mol. The topological polar surface area (TPSA) is 38.7 Å². The minimum Gasteiger partial charge on any atom is -0.225 e. The van der Waals surface area contributed by atoms with Crippen molar-refractivity contribution in [3.63, 3.8) is 0 Å². The third-order valence-electron chi connectivity index (χ3n) is 0.364. The molecule has 0 unspecified atom stereocenters. The summed E-state index contributed by atoms with van der Waals surface area (Å²) in [6, 6.07) is 0. The van der Waals surface area contributed by atoms with Crippen molar-refractivity contribution in [1.29, 1.82) is 0 Å². The molecule has 0 amide bonds. The molecule has 0 saturated carbocycles. The van der Waals surface area contributed by atoms with Crippen LogP contribution in [0, 0.1) is 6.33 Å². The van der Waals surface area contributed by atoms with Gasteiger partial charge in [0.05, 0.1) is 0 Å². The number of rotatable bonds is 0. The van der Waals surface area contributed by atoms with Crippen LogP contribution in [0.3, 0.4) is 0 Å². The van der Waals surface area contributed by atoms with Gasteiger partial charge in [-0.25, -0.2) is 15.0 Å². The Balaban J connectivity index is 0.000000360. The van der Waals surface area contributed by atoms with Gasteiger partial charge in [0, 0.05) is 0 Å². The van der Waals surface area contributed by atoms with Gasteiger partial charge in [-0.3, -0.25) is 0 Å². The third kappa shape index (κ3) is 2.68. The van der Waals surface area contributed by atoms with E-state index in [1.165, 1.54) is 12.7 Å². The molecule has 0 N–H and O–H groups in total. The molecule has 1 radical (unpaired) electrons. The van der Waals surface area contributed by atoms with E-state index in [4.69, 9.17) is 0 Å². The molecule has 4 heteroatoms. The van der Waals surface area contributed by atoms with E-state index in [0.717, 1.165) is 0 Å². The molecule has 0 atom stereocenters. The zero-order valence-corrected chi connectivity index (χ0v) is 3.00. The van der Waals surface area contributed by atoms with E-state index in [1.54, 1.807) is 0 Å². The van der Waals surface area contributed by atoms with Crippen LogP contribution in [0.25, 0.3) is 0 Å². The Labute approximate surface area is 63.5 Å². The van der Waals surface area contributed by atoms with Crippen LogP contribution >= 0.6 is 0 Å². The molecule has 0 aliphatic carbocycles. The van der Waals surface area contributed by atoms with Crippen LogP contribution in [0.2, 0.25) is 0 Å². The van der Waals surface area contributed by atoms with Gasteiger partial charge in [-0.2, -0.15) is 0 Å². The fourth-order valence-corrected chi connectivity index (χ4v) is 0.181. The van der Waals surface area contributed by atoms with Crippen LogP contribution in [0.5, 0.6) is 0 Å². The average molecular weight is 104 g/mol. The zero-order valence-electron chi connectivity index (χ0n) is 3.00. The number of hydrogen-bond acceptors (Lipinski definition) is 3. The zero-order chi connectivity index (χ0) is 4.24. The molecule has 0 bridgehead atoms. The maximum atomic E-state index is 3.53. The SMILES string of the molecule is [NaH].[c]1ncncn1. The summed E-state index contributed by atoms with van der Waals surface area (Å²) in [6.45, 7) is 0. The summed E-state index contributed by atoms with van der Waals surface area (Å²) in [6.07, 6.45) is 5.09. The second-order valence-electron chi connectivity index (χ2n) is 0.738. The number of hydrogen-bond donors (Lipinski definition) is 0. The monoisotopic (exact) mass is 104 g/mol. The molecule has 1 aromatic rings. The normalized spacial score (nSPS) is 6.86. The van der Waals surface area contributed by atoms with Crippen LogP contribution in [-0.2, 0) is 0 Å². The standard InChI is InChI=1S/C3H2N3.Na.H/c1-4-2-6-3-5-1;;/h1-2H;;. The van der Waals surface area contributed by atoms with Gasteiger partial charge in [-0.05, 0) is 0 Å². The summed E-state index contributed by atoms with van der Waals surface area (Å²) in [4.78, 5) is 10.4. The van der Waals surface area contributed by atoms with Crippen molar-refractivity contribution in [2.24, 2.45) is 0 Å². The first-order chi connectivity index (χ1) is 3.00. The maximum absolute atomic E-state index is 3.53. The molecule has 3 nitrogen and oxygen atoms in total. The Morgan fingerprint density at radius 2 is 1.71 bits per heavy atom. The van der Waals surface area contributed by atoms with E-state index in [-0.39, 0.29) is 29.6 Å². The molecule has 31 valence electrons. The van der Waals surface area contributed by atoms with E-state index >= 15 is 0 Å². The molecule has 1 heterocycles. The minimum absolute atomic E-state index is 0. The summed E-state index contributed by atoms with van der Waals surface area (Å²) in [5.74, 6) is 0. The summed E-state index contributed by atoms with van der Waals surface area (Å²) in [5.41, 5.74) is 0.